The molecule has 84 valence electrons. The molecule has 2 rings (SSSR count). The zero-order valence-electron chi connectivity index (χ0n) is 8.36. The standard InChI is InChI=1S/C10H8Cl3N3/c1-6(11)9-5-16(15-14-9)10-3-2-7(12)4-8(10)13/h2-6H,1H3. The molecule has 0 radical (unpaired) electrons. The molecule has 3 nitrogen and oxygen atoms in total. The van der Waals surface area contributed by atoms with Crippen LogP contribution in [0.1, 0.15) is 18.0 Å². The van der Waals surface area contributed by atoms with Crippen LogP contribution < -0.4 is 0 Å². The summed E-state index contributed by atoms with van der Waals surface area (Å²) < 4.78 is 1.58. The van der Waals surface area contributed by atoms with Gasteiger partial charge in [-0.3, -0.25) is 0 Å². The molecular formula is C10H8Cl3N3. The predicted octanol–water partition coefficient (Wildman–Crippen LogP) is 3.87. The summed E-state index contributed by atoms with van der Waals surface area (Å²) in [4.78, 5) is 0. The van der Waals surface area contributed by atoms with Gasteiger partial charge in [0.1, 0.15) is 5.69 Å². The number of nitrogens with zero attached hydrogens (tertiary/aromatic N) is 3. The molecule has 1 aromatic heterocycles. The highest BCUT2D eigenvalue weighted by Crippen LogP contribution is 2.25. The Hall–Kier alpha value is -0.770. The lowest BCUT2D eigenvalue weighted by molar-refractivity contribution is 0.797. The summed E-state index contributed by atoms with van der Waals surface area (Å²) in [5.74, 6) is 0. The molecule has 0 saturated heterocycles. The van der Waals surface area contributed by atoms with E-state index in [0.29, 0.717) is 15.7 Å². The third-order valence-corrected chi connectivity index (χ3v) is 2.84. The minimum Gasteiger partial charge on any atom is -0.219 e. The van der Waals surface area contributed by atoms with Crippen molar-refractivity contribution in [3.63, 3.8) is 0 Å². The van der Waals surface area contributed by atoms with E-state index in [1.54, 1.807) is 29.1 Å². The first-order chi connectivity index (χ1) is 7.58. The lowest BCUT2D eigenvalue weighted by Gasteiger charge is -2.02. The summed E-state index contributed by atoms with van der Waals surface area (Å²) in [7, 11) is 0. The van der Waals surface area contributed by atoms with Crippen molar-refractivity contribution in [1.82, 2.24) is 15.0 Å². The second-order valence-electron chi connectivity index (χ2n) is 3.30. The molecule has 0 aliphatic rings. The Morgan fingerprint density at radius 2 is 2.06 bits per heavy atom. The fourth-order valence-corrected chi connectivity index (χ4v) is 1.84. The lowest BCUT2D eigenvalue weighted by Crippen LogP contribution is -1.95. The minimum absolute atomic E-state index is 0.181. The summed E-state index contributed by atoms with van der Waals surface area (Å²) in [6.45, 7) is 1.83. The molecule has 1 atom stereocenters. The number of hydrogen-bond donors (Lipinski definition) is 0. The van der Waals surface area contributed by atoms with Gasteiger partial charge in [-0.2, -0.15) is 0 Å². The largest absolute Gasteiger partial charge is 0.219 e. The minimum atomic E-state index is -0.181. The first-order valence-corrected chi connectivity index (χ1v) is 5.79. The second-order valence-corrected chi connectivity index (χ2v) is 4.80. The topological polar surface area (TPSA) is 30.7 Å². The summed E-state index contributed by atoms with van der Waals surface area (Å²) in [6.07, 6.45) is 1.74. The van der Waals surface area contributed by atoms with Crippen molar-refractivity contribution in [2.75, 3.05) is 0 Å². The molecule has 1 unspecified atom stereocenters. The molecule has 0 aliphatic carbocycles. The van der Waals surface area contributed by atoms with Crippen LogP contribution in [0.2, 0.25) is 10.0 Å². The van der Waals surface area contributed by atoms with Crippen LogP contribution in [-0.4, -0.2) is 15.0 Å². The van der Waals surface area contributed by atoms with Crippen molar-refractivity contribution in [2.45, 2.75) is 12.3 Å². The van der Waals surface area contributed by atoms with E-state index in [-0.39, 0.29) is 5.38 Å². The van der Waals surface area contributed by atoms with Gasteiger partial charge < -0.3 is 0 Å². The monoisotopic (exact) mass is 275 g/mol. The number of rotatable bonds is 2. The Morgan fingerprint density at radius 3 is 2.62 bits per heavy atom. The number of alkyl halides is 1. The Labute approximate surface area is 108 Å². The Kier molecular flexibility index (Phi) is 3.38. The fourth-order valence-electron chi connectivity index (χ4n) is 1.24. The van der Waals surface area contributed by atoms with Gasteiger partial charge in [0.15, 0.2) is 0 Å². The van der Waals surface area contributed by atoms with Crippen LogP contribution in [0, 0.1) is 0 Å². The average molecular weight is 277 g/mol. The lowest BCUT2D eigenvalue weighted by atomic mass is 10.3. The molecule has 0 fully saturated rings. The maximum atomic E-state index is 6.05. The first kappa shape index (κ1) is 11.7. The van der Waals surface area contributed by atoms with E-state index in [0.717, 1.165) is 5.69 Å². The molecule has 0 N–H and O–H groups in total. The Balaban J connectivity index is 2.42. The van der Waals surface area contributed by atoms with Crippen molar-refractivity contribution >= 4 is 34.8 Å². The molecule has 0 amide bonds. The van der Waals surface area contributed by atoms with Crippen LogP contribution in [0.15, 0.2) is 24.4 Å². The number of aromatic nitrogens is 3. The fraction of sp³-hybridized carbons (Fsp3) is 0.200. The molecule has 0 bridgehead atoms. The SMILES string of the molecule is CC(Cl)c1cn(-c2ccc(Cl)cc2Cl)nn1. The number of hydrogen-bond acceptors (Lipinski definition) is 2. The van der Waals surface area contributed by atoms with Crippen LogP contribution >= 0.6 is 34.8 Å². The summed E-state index contributed by atoms with van der Waals surface area (Å²) >= 11 is 17.8. The highest BCUT2D eigenvalue weighted by atomic mass is 35.5. The first-order valence-electron chi connectivity index (χ1n) is 4.59. The Morgan fingerprint density at radius 1 is 1.31 bits per heavy atom. The van der Waals surface area contributed by atoms with Gasteiger partial charge in [0.2, 0.25) is 0 Å². The van der Waals surface area contributed by atoms with E-state index < -0.39 is 0 Å². The third-order valence-electron chi connectivity index (χ3n) is 2.08. The molecule has 0 aliphatic heterocycles. The van der Waals surface area contributed by atoms with Gasteiger partial charge in [-0.15, -0.1) is 16.7 Å². The maximum absolute atomic E-state index is 6.05. The Bertz CT molecular complexity index is 508. The number of halogens is 3. The van der Waals surface area contributed by atoms with Crippen LogP contribution in [0.3, 0.4) is 0 Å². The summed E-state index contributed by atoms with van der Waals surface area (Å²) in [5.41, 5.74) is 1.43. The highest BCUT2D eigenvalue weighted by Gasteiger charge is 2.10. The van der Waals surface area contributed by atoms with Crippen LogP contribution in [-0.2, 0) is 0 Å². The maximum Gasteiger partial charge on any atom is 0.101 e. The van der Waals surface area contributed by atoms with Gasteiger partial charge in [-0.25, -0.2) is 4.68 Å². The molecule has 0 saturated carbocycles. The van der Waals surface area contributed by atoms with Crippen molar-refractivity contribution in [1.29, 1.82) is 0 Å². The van der Waals surface area contributed by atoms with E-state index in [2.05, 4.69) is 10.3 Å². The normalized spacial score (nSPS) is 12.8. The summed E-state index contributed by atoms with van der Waals surface area (Å²) in [6, 6.07) is 5.18. The van der Waals surface area contributed by atoms with Crippen molar-refractivity contribution < 1.29 is 0 Å². The van der Waals surface area contributed by atoms with Gasteiger partial charge in [0.05, 0.1) is 22.3 Å². The van der Waals surface area contributed by atoms with Gasteiger partial charge in [0.25, 0.3) is 0 Å². The highest BCUT2D eigenvalue weighted by molar-refractivity contribution is 6.35. The molecule has 2 aromatic rings. The quantitative estimate of drug-likeness (QED) is 0.780. The molecular weight excluding hydrogens is 268 g/mol. The van der Waals surface area contributed by atoms with E-state index in [4.69, 9.17) is 34.8 Å². The molecule has 1 aromatic carbocycles. The van der Waals surface area contributed by atoms with Gasteiger partial charge in [-0.1, -0.05) is 28.4 Å². The van der Waals surface area contributed by atoms with Crippen LogP contribution in [0.5, 0.6) is 0 Å². The zero-order valence-corrected chi connectivity index (χ0v) is 10.6. The predicted molar refractivity (Wildman–Crippen MR) is 65.6 cm³/mol. The van der Waals surface area contributed by atoms with E-state index in [1.165, 1.54) is 0 Å². The van der Waals surface area contributed by atoms with Gasteiger partial charge >= 0.3 is 0 Å². The van der Waals surface area contributed by atoms with E-state index >= 15 is 0 Å². The van der Waals surface area contributed by atoms with Crippen molar-refractivity contribution in [3.8, 4) is 5.69 Å². The molecule has 16 heavy (non-hydrogen) atoms. The van der Waals surface area contributed by atoms with E-state index in [1.807, 2.05) is 6.92 Å². The third kappa shape index (κ3) is 2.32. The smallest absolute Gasteiger partial charge is 0.101 e. The van der Waals surface area contributed by atoms with Crippen LogP contribution in [0.4, 0.5) is 0 Å². The molecule has 0 spiro atoms. The average Bonchev–Trinajstić information content (AvgIpc) is 2.66. The van der Waals surface area contributed by atoms with Gasteiger partial charge in [0, 0.05) is 5.02 Å². The van der Waals surface area contributed by atoms with Crippen molar-refractivity contribution in [3.05, 3.63) is 40.1 Å². The zero-order chi connectivity index (χ0) is 11.7. The van der Waals surface area contributed by atoms with Crippen molar-refractivity contribution in [2.24, 2.45) is 0 Å². The number of benzene rings is 1. The van der Waals surface area contributed by atoms with Crippen LogP contribution in [0.25, 0.3) is 5.69 Å². The second kappa shape index (κ2) is 4.62. The summed E-state index contributed by atoms with van der Waals surface area (Å²) in [5, 5.41) is 8.82. The van der Waals surface area contributed by atoms with E-state index in [9.17, 15) is 0 Å². The van der Waals surface area contributed by atoms with Gasteiger partial charge in [-0.05, 0) is 25.1 Å². The molecule has 1 heterocycles. The molecule has 6 heteroatoms.